The molecule has 2 aromatic carbocycles. The summed E-state index contributed by atoms with van der Waals surface area (Å²) >= 11 is 0. The topological polar surface area (TPSA) is 59.0 Å². The van der Waals surface area contributed by atoms with Crippen molar-refractivity contribution in [1.82, 2.24) is 9.62 Å². The van der Waals surface area contributed by atoms with E-state index >= 15 is 0 Å². The molecule has 130 valence electrons. The molecule has 0 unspecified atom stereocenters. The molecular weight excluding hydrogens is 329 g/mol. The molecule has 0 amide bonds. The van der Waals surface area contributed by atoms with Gasteiger partial charge in [0, 0.05) is 13.1 Å². The van der Waals surface area contributed by atoms with Gasteiger partial charge < -0.3 is 5.32 Å². The van der Waals surface area contributed by atoms with Crippen LogP contribution in [-0.2, 0) is 6.54 Å². The van der Waals surface area contributed by atoms with Crippen LogP contribution in [0.4, 0.5) is 15.8 Å². The highest BCUT2D eigenvalue weighted by Crippen LogP contribution is 2.58. The molecule has 0 saturated carbocycles. The predicted octanol–water partition coefficient (Wildman–Crippen LogP) is 3.97. The van der Waals surface area contributed by atoms with Crippen molar-refractivity contribution >= 4 is 22.3 Å². The number of benzene rings is 2. The van der Waals surface area contributed by atoms with Crippen LogP contribution >= 0.6 is 11.0 Å². The number of hydrogen-bond acceptors (Lipinski definition) is 5. The third-order valence-corrected chi connectivity index (χ3v) is 5.94. The fraction of sp³-hybridized carbons (Fsp3) is 0.294. The number of para-hydroxylation sites is 2. The molecule has 2 aromatic rings. The highest BCUT2D eigenvalue weighted by atomic mass is 32.3. The second kappa shape index (κ2) is 7.08. The largest absolute Gasteiger partial charge is 0.320 e. The summed E-state index contributed by atoms with van der Waals surface area (Å²) in [6.45, 7) is 1.70. The fourth-order valence-corrected chi connectivity index (χ4v) is 4.65. The molecule has 24 heavy (non-hydrogen) atoms. The van der Waals surface area contributed by atoms with Gasteiger partial charge in [0.2, 0.25) is 0 Å². The van der Waals surface area contributed by atoms with Gasteiger partial charge in [-0.3, -0.25) is 9.11 Å². The van der Waals surface area contributed by atoms with E-state index in [0.29, 0.717) is 18.8 Å². The molecule has 3 N–H and O–H groups in total. The van der Waals surface area contributed by atoms with E-state index in [0.717, 1.165) is 18.5 Å². The Labute approximate surface area is 143 Å². The minimum atomic E-state index is -3.33. The molecule has 0 radical (unpaired) electrons. The Kier molecular flexibility index (Phi) is 5.07. The van der Waals surface area contributed by atoms with Crippen LogP contribution in [0.5, 0.6) is 0 Å². The summed E-state index contributed by atoms with van der Waals surface area (Å²) in [5, 5.41) is 3.05. The Morgan fingerprint density at radius 2 is 1.75 bits per heavy atom. The number of anilines is 2. The minimum Gasteiger partial charge on any atom is -0.320 e. The van der Waals surface area contributed by atoms with E-state index in [9.17, 15) is 13.5 Å². The monoisotopic (exact) mass is 351 g/mol. The lowest BCUT2D eigenvalue weighted by Crippen LogP contribution is -2.42. The van der Waals surface area contributed by atoms with E-state index in [1.165, 1.54) is 10.4 Å². The number of hydrogen-bond donors (Lipinski definition) is 3. The maximum atomic E-state index is 14.4. The Balaban J connectivity index is 2.05. The van der Waals surface area contributed by atoms with Crippen molar-refractivity contribution in [3.8, 4) is 0 Å². The second-order valence-electron chi connectivity index (χ2n) is 5.69. The van der Waals surface area contributed by atoms with Crippen LogP contribution in [-0.4, -0.2) is 33.5 Å². The molecule has 3 rings (SSSR count). The maximum Gasteiger partial charge on any atom is 0.148 e. The molecule has 1 heterocycles. The highest BCUT2D eigenvalue weighted by molar-refractivity contribution is 8.23. The van der Waals surface area contributed by atoms with Crippen LogP contribution in [0.15, 0.2) is 48.5 Å². The van der Waals surface area contributed by atoms with Crippen LogP contribution in [0, 0.1) is 5.82 Å². The SMILES string of the molecule is CNCCCN1Cc2ccccc2N(c2ccccc2F)S1(O)O. The average molecular weight is 351 g/mol. The van der Waals surface area contributed by atoms with Crippen molar-refractivity contribution in [2.24, 2.45) is 0 Å². The third kappa shape index (κ3) is 3.13. The van der Waals surface area contributed by atoms with Gasteiger partial charge in [0.1, 0.15) is 5.82 Å². The molecule has 0 spiro atoms. The van der Waals surface area contributed by atoms with Crippen molar-refractivity contribution < 1.29 is 13.5 Å². The van der Waals surface area contributed by atoms with E-state index in [2.05, 4.69) is 5.32 Å². The van der Waals surface area contributed by atoms with Crippen LogP contribution in [0.3, 0.4) is 0 Å². The van der Waals surface area contributed by atoms with E-state index in [-0.39, 0.29) is 5.69 Å². The molecule has 0 fully saturated rings. The Morgan fingerprint density at radius 3 is 2.46 bits per heavy atom. The first-order valence-corrected chi connectivity index (χ1v) is 9.32. The van der Waals surface area contributed by atoms with E-state index in [1.807, 2.05) is 25.2 Å². The first-order chi connectivity index (χ1) is 11.6. The van der Waals surface area contributed by atoms with Crippen molar-refractivity contribution in [3.63, 3.8) is 0 Å². The van der Waals surface area contributed by atoms with Gasteiger partial charge in [-0.25, -0.2) is 8.70 Å². The van der Waals surface area contributed by atoms with Gasteiger partial charge in [0.25, 0.3) is 0 Å². The average Bonchev–Trinajstić information content (AvgIpc) is 2.56. The van der Waals surface area contributed by atoms with Crippen molar-refractivity contribution in [2.45, 2.75) is 13.0 Å². The first-order valence-electron chi connectivity index (χ1n) is 7.86. The molecule has 0 bridgehead atoms. The molecule has 0 saturated heterocycles. The Bertz CT molecular complexity index is 714. The van der Waals surface area contributed by atoms with Crippen LogP contribution in [0.25, 0.3) is 0 Å². The molecular formula is C17H22FN3O2S. The summed E-state index contributed by atoms with van der Waals surface area (Å²) in [6.07, 6.45) is 0.764. The van der Waals surface area contributed by atoms with Crippen LogP contribution in [0.1, 0.15) is 12.0 Å². The van der Waals surface area contributed by atoms with Gasteiger partial charge in [-0.1, -0.05) is 30.3 Å². The van der Waals surface area contributed by atoms with Crippen molar-refractivity contribution in [2.75, 3.05) is 24.4 Å². The summed E-state index contributed by atoms with van der Waals surface area (Å²) in [4.78, 5) is 0. The summed E-state index contributed by atoms with van der Waals surface area (Å²) in [6, 6.07) is 13.6. The minimum absolute atomic E-state index is 0.170. The number of rotatable bonds is 5. The zero-order chi connectivity index (χ0) is 17.2. The van der Waals surface area contributed by atoms with Gasteiger partial charge in [-0.05, 0) is 54.7 Å². The number of nitrogens with one attached hydrogen (secondary N) is 1. The van der Waals surface area contributed by atoms with Crippen LogP contribution < -0.4 is 9.62 Å². The molecule has 1 aliphatic heterocycles. The predicted molar refractivity (Wildman–Crippen MR) is 96.8 cm³/mol. The Hall–Kier alpha value is -1.64. The van der Waals surface area contributed by atoms with Gasteiger partial charge in [-0.15, -0.1) is 0 Å². The number of fused-ring (bicyclic) bond motifs is 1. The lowest BCUT2D eigenvalue weighted by atomic mass is 10.1. The lowest BCUT2D eigenvalue weighted by molar-refractivity contribution is 0.331. The highest BCUT2D eigenvalue weighted by Gasteiger charge is 2.38. The van der Waals surface area contributed by atoms with Gasteiger partial charge >= 0.3 is 0 Å². The van der Waals surface area contributed by atoms with Crippen molar-refractivity contribution in [1.29, 1.82) is 0 Å². The first kappa shape index (κ1) is 17.2. The molecule has 7 heteroatoms. The van der Waals surface area contributed by atoms with Crippen molar-refractivity contribution in [3.05, 3.63) is 59.9 Å². The zero-order valence-corrected chi connectivity index (χ0v) is 14.3. The summed E-state index contributed by atoms with van der Waals surface area (Å²) in [5.74, 6) is -0.482. The van der Waals surface area contributed by atoms with E-state index in [1.54, 1.807) is 28.6 Å². The molecule has 0 atom stereocenters. The normalized spacial score (nSPS) is 18.2. The lowest BCUT2D eigenvalue weighted by Gasteiger charge is -2.53. The Morgan fingerprint density at radius 1 is 1.08 bits per heavy atom. The molecule has 0 aromatic heterocycles. The number of halogens is 1. The molecule has 5 nitrogen and oxygen atoms in total. The van der Waals surface area contributed by atoms with Gasteiger partial charge in [0.05, 0.1) is 11.4 Å². The van der Waals surface area contributed by atoms with E-state index in [4.69, 9.17) is 0 Å². The van der Waals surface area contributed by atoms with Crippen LogP contribution in [0.2, 0.25) is 0 Å². The summed E-state index contributed by atoms with van der Waals surface area (Å²) < 4.78 is 39.2. The zero-order valence-electron chi connectivity index (χ0n) is 13.5. The standard InChI is InChI=1S/C17H22FN3O2S/c1-19-11-6-12-20-13-14-7-2-4-9-16(14)21(24(20,22)23)17-10-5-3-8-15(17)18/h2-5,7-10,19,22-23H,6,11-13H2,1H3. The van der Waals surface area contributed by atoms with E-state index < -0.39 is 16.8 Å². The summed E-state index contributed by atoms with van der Waals surface area (Å²) in [5.41, 5.74) is 1.74. The maximum absolute atomic E-state index is 14.4. The van der Waals surface area contributed by atoms with Gasteiger partial charge in [-0.2, -0.15) is 4.31 Å². The summed E-state index contributed by atoms with van der Waals surface area (Å²) in [7, 11) is -1.48. The molecule has 0 aliphatic carbocycles. The molecule has 1 aliphatic rings. The number of nitrogens with zero attached hydrogens (tertiary/aromatic N) is 2. The quantitative estimate of drug-likeness (QED) is 0.712. The fourth-order valence-electron chi connectivity index (χ4n) is 2.88. The smallest absolute Gasteiger partial charge is 0.148 e. The third-order valence-electron chi connectivity index (χ3n) is 4.05. The van der Waals surface area contributed by atoms with Gasteiger partial charge in [0.15, 0.2) is 0 Å². The second-order valence-corrected chi connectivity index (χ2v) is 7.55.